The first kappa shape index (κ1) is 33.0. The van der Waals surface area contributed by atoms with Gasteiger partial charge in [0, 0.05) is 80.5 Å². The van der Waals surface area contributed by atoms with Crippen molar-refractivity contribution in [2.75, 3.05) is 82.3 Å². The molecule has 4 aromatic rings. The topological polar surface area (TPSA) is 107 Å². The van der Waals surface area contributed by atoms with Crippen molar-refractivity contribution < 1.29 is 4.74 Å². The number of benzene rings is 1. The smallest absolute Gasteiger partial charge is 0.239 e. The molecule has 6 rings (SSSR count). The summed E-state index contributed by atoms with van der Waals surface area (Å²) in [6, 6.07) is 6.83. The average molecular weight is 655 g/mol. The van der Waals surface area contributed by atoms with Gasteiger partial charge in [-0.25, -0.2) is 4.98 Å². The Kier molecular flexibility index (Phi) is 10.2. The van der Waals surface area contributed by atoms with Crippen LogP contribution in [0, 0.1) is 0 Å². The zero-order chi connectivity index (χ0) is 33.1. The number of nitrogens with zero attached hydrogens (tertiary/aromatic N) is 8. The molecule has 0 unspecified atom stereocenters. The molecule has 2 aliphatic heterocycles. The Hall–Kier alpha value is -3.92. The fourth-order valence-corrected chi connectivity index (χ4v) is 7.82. The van der Waals surface area contributed by atoms with Gasteiger partial charge in [-0.2, -0.15) is 9.97 Å². The fourth-order valence-electron chi connectivity index (χ4n) is 6.61. The maximum absolute atomic E-state index is 5.84. The number of likely N-dealkylation sites (N-methyl/N-ethyl adjacent to an activating group) is 1. The average Bonchev–Trinajstić information content (AvgIpc) is 3.08. The number of nitrogens with one attached hydrogen (secondary N) is 2. The summed E-state index contributed by atoms with van der Waals surface area (Å²) in [6.45, 7) is 19.4. The lowest BCUT2D eigenvalue weighted by atomic mass is 10.0. The number of allylic oxidation sites excluding steroid dienone is 1. The van der Waals surface area contributed by atoms with Crippen LogP contribution in [0.5, 0.6) is 5.88 Å². The van der Waals surface area contributed by atoms with E-state index in [1.165, 1.54) is 5.56 Å². The Morgan fingerprint density at radius 1 is 0.979 bits per heavy atom. The molecule has 0 radical (unpaired) electrons. The maximum atomic E-state index is 5.84. The van der Waals surface area contributed by atoms with Crippen LogP contribution in [0.4, 0.5) is 29.0 Å². The summed E-state index contributed by atoms with van der Waals surface area (Å²) in [5.74, 6) is 2.64. The SMILES string of the molecule is C=C(C)c1cnc(Nc2cc(CC)c(N3CCC(N4CCN(C)CC4)CC3)nc2OC)nc1Nc1ccc2nccnc2c1P(C)C. The molecule has 11 nitrogen and oxygen atoms in total. The number of rotatable bonds is 10. The van der Waals surface area contributed by atoms with Gasteiger partial charge in [0.05, 0.1) is 18.1 Å². The lowest BCUT2D eigenvalue weighted by Gasteiger charge is -2.42. The third-order valence-electron chi connectivity index (χ3n) is 9.25. The minimum absolute atomic E-state index is 0.442. The van der Waals surface area contributed by atoms with Gasteiger partial charge in [0.25, 0.3) is 0 Å². The molecule has 0 spiro atoms. The van der Waals surface area contributed by atoms with Crippen molar-refractivity contribution in [2.45, 2.75) is 39.2 Å². The molecule has 248 valence electrons. The van der Waals surface area contributed by atoms with E-state index >= 15 is 0 Å². The minimum atomic E-state index is -0.493. The summed E-state index contributed by atoms with van der Waals surface area (Å²) >= 11 is 0. The first-order chi connectivity index (χ1) is 22.7. The minimum Gasteiger partial charge on any atom is -0.479 e. The number of piperazine rings is 1. The second kappa shape index (κ2) is 14.5. The fraction of sp³-hybridized carbons (Fsp3) is 0.457. The van der Waals surface area contributed by atoms with Crippen LogP contribution >= 0.6 is 7.92 Å². The van der Waals surface area contributed by atoms with Gasteiger partial charge in [0.1, 0.15) is 17.3 Å². The molecular weight excluding hydrogens is 607 g/mol. The van der Waals surface area contributed by atoms with Crippen LogP contribution in [0.15, 0.2) is 43.4 Å². The number of piperidine rings is 1. The van der Waals surface area contributed by atoms with E-state index in [4.69, 9.17) is 14.7 Å². The Balaban J connectivity index is 1.25. The van der Waals surface area contributed by atoms with Gasteiger partial charge in [-0.15, -0.1) is 0 Å². The van der Waals surface area contributed by atoms with Crippen molar-refractivity contribution in [1.82, 2.24) is 34.7 Å². The van der Waals surface area contributed by atoms with E-state index in [0.717, 1.165) is 103 Å². The second-order valence-corrected chi connectivity index (χ2v) is 14.9. The molecule has 47 heavy (non-hydrogen) atoms. The quantitative estimate of drug-likeness (QED) is 0.212. The summed E-state index contributed by atoms with van der Waals surface area (Å²) in [5, 5.41) is 8.15. The maximum Gasteiger partial charge on any atom is 0.239 e. The van der Waals surface area contributed by atoms with Crippen LogP contribution in [0.1, 0.15) is 37.8 Å². The Bertz CT molecular complexity index is 1730. The number of aromatic nitrogens is 5. The van der Waals surface area contributed by atoms with Gasteiger partial charge >= 0.3 is 0 Å². The predicted molar refractivity (Wildman–Crippen MR) is 196 cm³/mol. The van der Waals surface area contributed by atoms with Crippen LogP contribution in [0.3, 0.4) is 0 Å². The molecule has 2 saturated heterocycles. The van der Waals surface area contributed by atoms with Crippen molar-refractivity contribution in [3.8, 4) is 5.88 Å². The van der Waals surface area contributed by atoms with Gasteiger partial charge in [-0.1, -0.05) is 21.4 Å². The molecule has 12 heteroatoms. The number of hydrogen-bond acceptors (Lipinski definition) is 11. The Morgan fingerprint density at radius 2 is 1.72 bits per heavy atom. The molecular formula is C35H47N10OP. The summed E-state index contributed by atoms with van der Waals surface area (Å²) in [5.41, 5.74) is 6.35. The van der Waals surface area contributed by atoms with Crippen LogP contribution in [-0.2, 0) is 6.42 Å². The lowest BCUT2D eigenvalue weighted by molar-refractivity contribution is 0.0981. The molecule has 5 heterocycles. The summed E-state index contributed by atoms with van der Waals surface area (Å²) in [4.78, 5) is 31.4. The van der Waals surface area contributed by atoms with Gasteiger partial charge in [-0.3, -0.25) is 14.9 Å². The molecule has 0 amide bonds. The van der Waals surface area contributed by atoms with Gasteiger partial charge in [0.2, 0.25) is 11.8 Å². The van der Waals surface area contributed by atoms with E-state index < -0.39 is 7.92 Å². The standard InChI is InChI=1S/C35H47N10OP/c1-8-24-21-29(34(46-5)42-33(24)45-15-11-25(12-16-45)44-19-17-43(4)18-20-44)40-35-38-22-26(23(2)3)32(41-35)39-28-10-9-27-30(31(28)47(6)7)37-14-13-36-27/h9-10,13-14,21-22,25H,2,8,11-12,15-20H2,1,3-7H3,(H2,38,39,40,41). The predicted octanol–water partition coefficient (Wildman–Crippen LogP) is 5.49. The third kappa shape index (κ3) is 7.17. The Morgan fingerprint density at radius 3 is 2.40 bits per heavy atom. The molecule has 0 atom stereocenters. The zero-order valence-corrected chi connectivity index (χ0v) is 29.4. The van der Waals surface area contributed by atoms with E-state index in [2.05, 4.69) is 86.3 Å². The lowest BCUT2D eigenvalue weighted by Crippen LogP contribution is -2.52. The molecule has 0 saturated carbocycles. The van der Waals surface area contributed by atoms with Crippen LogP contribution in [0.2, 0.25) is 0 Å². The van der Waals surface area contributed by atoms with Crippen LogP contribution in [0.25, 0.3) is 16.6 Å². The second-order valence-electron chi connectivity index (χ2n) is 12.7. The van der Waals surface area contributed by atoms with Crippen molar-refractivity contribution in [2.24, 2.45) is 0 Å². The van der Waals surface area contributed by atoms with E-state index in [0.29, 0.717) is 23.7 Å². The summed E-state index contributed by atoms with van der Waals surface area (Å²) < 4.78 is 5.84. The highest BCUT2D eigenvalue weighted by Gasteiger charge is 2.28. The van der Waals surface area contributed by atoms with E-state index in [1.807, 2.05) is 13.0 Å². The van der Waals surface area contributed by atoms with Crippen molar-refractivity contribution in [3.63, 3.8) is 0 Å². The number of fused-ring (bicyclic) bond motifs is 1. The highest BCUT2D eigenvalue weighted by molar-refractivity contribution is 7.65. The molecule has 2 aliphatic rings. The van der Waals surface area contributed by atoms with Crippen molar-refractivity contribution >= 4 is 58.8 Å². The van der Waals surface area contributed by atoms with Gasteiger partial charge in [-0.05, 0) is 75.9 Å². The first-order valence-corrected chi connectivity index (χ1v) is 18.7. The Labute approximate surface area is 279 Å². The molecule has 3 aromatic heterocycles. The number of ether oxygens (including phenoxy) is 1. The largest absolute Gasteiger partial charge is 0.479 e. The normalized spacial score (nSPS) is 16.5. The molecule has 2 N–H and O–H groups in total. The highest BCUT2D eigenvalue weighted by atomic mass is 31.1. The number of hydrogen-bond donors (Lipinski definition) is 2. The van der Waals surface area contributed by atoms with E-state index in [1.54, 1.807) is 25.7 Å². The molecule has 1 aromatic carbocycles. The van der Waals surface area contributed by atoms with E-state index in [9.17, 15) is 0 Å². The molecule has 2 fully saturated rings. The molecule has 0 aliphatic carbocycles. The summed E-state index contributed by atoms with van der Waals surface area (Å²) in [6.07, 6.45) is 8.44. The number of anilines is 5. The van der Waals surface area contributed by atoms with Crippen LogP contribution < -0.4 is 25.6 Å². The van der Waals surface area contributed by atoms with E-state index in [-0.39, 0.29) is 0 Å². The first-order valence-electron chi connectivity index (χ1n) is 16.5. The van der Waals surface area contributed by atoms with Crippen molar-refractivity contribution in [1.29, 1.82) is 0 Å². The van der Waals surface area contributed by atoms with Gasteiger partial charge < -0.3 is 25.2 Å². The number of pyridine rings is 1. The van der Waals surface area contributed by atoms with Crippen molar-refractivity contribution in [3.05, 3.63) is 54.5 Å². The monoisotopic (exact) mass is 654 g/mol. The summed E-state index contributed by atoms with van der Waals surface area (Å²) in [7, 11) is 3.39. The highest BCUT2D eigenvalue weighted by Crippen LogP contribution is 2.36. The van der Waals surface area contributed by atoms with Gasteiger partial charge in [0.15, 0.2) is 0 Å². The number of methoxy groups -OCH3 is 1. The third-order valence-corrected chi connectivity index (χ3v) is 10.6. The molecule has 0 bridgehead atoms. The zero-order valence-electron chi connectivity index (χ0n) is 28.5. The number of aryl methyl sites for hydroxylation is 1. The van der Waals surface area contributed by atoms with Crippen LogP contribution in [-0.4, -0.2) is 108 Å².